The van der Waals surface area contributed by atoms with Crippen molar-refractivity contribution < 1.29 is 14.7 Å². The fourth-order valence-electron chi connectivity index (χ4n) is 2.76. The third-order valence-electron chi connectivity index (χ3n) is 4.04. The Bertz CT molecular complexity index is 312. The van der Waals surface area contributed by atoms with Crippen molar-refractivity contribution in [1.29, 1.82) is 0 Å². The molecule has 4 heteroatoms. The van der Waals surface area contributed by atoms with Gasteiger partial charge in [0.1, 0.15) is 0 Å². The molecule has 2 rings (SSSR count). The summed E-state index contributed by atoms with van der Waals surface area (Å²) in [5.41, 5.74) is 0. The lowest BCUT2D eigenvalue weighted by molar-refractivity contribution is -0.144. The molecule has 17 heavy (non-hydrogen) atoms. The predicted octanol–water partition coefficient (Wildman–Crippen LogP) is 1.89. The number of piperidine rings is 1. The average Bonchev–Trinajstić information content (AvgIpc) is 3.11. The van der Waals surface area contributed by atoms with Gasteiger partial charge in [-0.25, -0.2) is 0 Å². The molecule has 0 aromatic heterocycles. The van der Waals surface area contributed by atoms with E-state index < -0.39 is 5.97 Å². The SMILES string of the molecule is CC(C(=O)N1CCCCC1CC(=O)O)C1CC1. The molecular weight excluding hydrogens is 218 g/mol. The number of likely N-dealkylation sites (tertiary alicyclic amines) is 1. The predicted molar refractivity (Wildman–Crippen MR) is 63.5 cm³/mol. The maximum atomic E-state index is 12.3. The van der Waals surface area contributed by atoms with Crippen LogP contribution in [0.5, 0.6) is 0 Å². The van der Waals surface area contributed by atoms with Crippen molar-refractivity contribution in [1.82, 2.24) is 4.90 Å². The Morgan fingerprint density at radius 2 is 2.00 bits per heavy atom. The molecule has 1 heterocycles. The monoisotopic (exact) mass is 239 g/mol. The zero-order valence-corrected chi connectivity index (χ0v) is 10.4. The minimum absolute atomic E-state index is 0.0741. The summed E-state index contributed by atoms with van der Waals surface area (Å²) >= 11 is 0. The number of aliphatic carboxylic acids is 1. The molecule has 0 spiro atoms. The molecule has 0 radical (unpaired) electrons. The largest absolute Gasteiger partial charge is 0.481 e. The van der Waals surface area contributed by atoms with Crippen molar-refractivity contribution in [2.75, 3.05) is 6.54 Å². The molecule has 96 valence electrons. The van der Waals surface area contributed by atoms with E-state index in [0.29, 0.717) is 5.92 Å². The minimum Gasteiger partial charge on any atom is -0.481 e. The van der Waals surface area contributed by atoms with E-state index in [9.17, 15) is 9.59 Å². The first-order valence-electron chi connectivity index (χ1n) is 6.62. The first kappa shape index (κ1) is 12.4. The number of nitrogens with zero attached hydrogens (tertiary/aromatic N) is 1. The standard InChI is InChI=1S/C13H21NO3/c1-9(10-5-6-10)13(17)14-7-3-2-4-11(14)8-12(15)16/h9-11H,2-8H2,1H3,(H,15,16). The second kappa shape index (κ2) is 5.07. The number of carboxylic acid groups (broad SMARTS) is 1. The van der Waals surface area contributed by atoms with E-state index in [-0.39, 0.29) is 24.3 Å². The van der Waals surface area contributed by atoms with Gasteiger partial charge in [-0.15, -0.1) is 0 Å². The summed E-state index contributed by atoms with van der Waals surface area (Å²) in [4.78, 5) is 25.0. The zero-order chi connectivity index (χ0) is 12.4. The third kappa shape index (κ3) is 2.99. The fraction of sp³-hybridized carbons (Fsp3) is 0.846. The second-order valence-corrected chi connectivity index (χ2v) is 5.41. The van der Waals surface area contributed by atoms with Crippen molar-refractivity contribution in [2.45, 2.75) is 51.5 Å². The molecule has 1 aliphatic heterocycles. The smallest absolute Gasteiger partial charge is 0.305 e. The molecule has 2 aliphatic rings. The van der Waals surface area contributed by atoms with Crippen LogP contribution in [0.25, 0.3) is 0 Å². The van der Waals surface area contributed by atoms with Crippen LogP contribution >= 0.6 is 0 Å². The van der Waals surface area contributed by atoms with Gasteiger partial charge in [-0.1, -0.05) is 6.92 Å². The number of rotatable bonds is 4. The topological polar surface area (TPSA) is 57.6 Å². The van der Waals surface area contributed by atoms with E-state index in [2.05, 4.69) is 0 Å². The highest BCUT2D eigenvalue weighted by molar-refractivity contribution is 5.80. The van der Waals surface area contributed by atoms with Gasteiger partial charge >= 0.3 is 5.97 Å². The maximum absolute atomic E-state index is 12.3. The highest BCUT2D eigenvalue weighted by atomic mass is 16.4. The van der Waals surface area contributed by atoms with Gasteiger partial charge in [0, 0.05) is 18.5 Å². The van der Waals surface area contributed by atoms with E-state index in [0.717, 1.165) is 38.6 Å². The van der Waals surface area contributed by atoms with Gasteiger partial charge in [-0.2, -0.15) is 0 Å². The van der Waals surface area contributed by atoms with Gasteiger partial charge in [-0.3, -0.25) is 9.59 Å². The Morgan fingerprint density at radius 3 is 2.59 bits per heavy atom. The summed E-state index contributed by atoms with van der Waals surface area (Å²) in [6.45, 7) is 2.74. The fourth-order valence-corrected chi connectivity index (χ4v) is 2.76. The minimum atomic E-state index is -0.797. The lowest BCUT2D eigenvalue weighted by Gasteiger charge is -2.36. The maximum Gasteiger partial charge on any atom is 0.305 e. The molecule has 4 nitrogen and oxygen atoms in total. The van der Waals surface area contributed by atoms with E-state index in [1.165, 1.54) is 0 Å². The van der Waals surface area contributed by atoms with Crippen LogP contribution in [0.2, 0.25) is 0 Å². The van der Waals surface area contributed by atoms with Crippen molar-refractivity contribution >= 4 is 11.9 Å². The zero-order valence-electron chi connectivity index (χ0n) is 10.4. The third-order valence-corrected chi connectivity index (χ3v) is 4.04. The highest BCUT2D eigenvalue weighted by Gasteiger charge is 2.37. The number of carbonyl (C=O) groups excluding carboxylic acids is 1. The Balaban J connectivity index is 1.99. The van der Waals surface area contributed by atoms with Gasteiger partial charge in [0.15, 0.2) is 0 Å². The Hall–Kier alpha value is -1.06. The summed E-state index contributed by atoms with van der Waals surface area (Å²) in [7, 11) is 0. The number of carboxylic acids is 1. The second-order valence-electron chi connectivity index (χ2n) is 5.41. The molecule has 1 aliphatic carbocycles. The Kier molecular flexibility index (Phi) is 3.69. The van der Waals surface area contributed by atoms with Gasteiger partial charge in [0.25, 0.3) is 0 Å². The summed E-state index contributed by atoms with van der Waals surface area (Å²) in [5, 5.41) is 8.89. The van der Waals surface area contributed by atoms with Crippen LogP contribution in [0.15, 0.2) is 0 Å². The van der Waals surface area contributed by atoms with Crippen molar-refractivity contribution in [3.63, 3.8) is 0 Å². The number of hydrogen-bond donors (Lipinski definition) is 1. The molecule has 1 N–H and O–H groups in total. The van der Waals surface area contributed by atoms with Gasteiger partial charge in [-0.05, 0) is 38.0 Å². The Labute approximate surface area is 102 Å². The van der Waals surface area contributed by atoms with E-state index in [1.54, 1.807) is 0 Å². The number of hydrogen-bond acceptors (Lipinski definition) is 2. The number of carbonyl (C=O) groups is 2. The molecule has 0 aromatic rings. The van der Waals surface area contributed by atoms with Crippen molar-refractivity contribution in [2.24, 2.45) is 11.8 Å². The molecule has 1 amide bonds. The molecule has 1 saturated carbocycles. The van der Waals surface area contributed by atoms with E-state index in [4.69, 9.17) is 5.11 Å². The number of amides is 1. The van der Waals surface area contributed by atoms with Crippen molar-refractivity contribution in [3.05, 3.63) is 0 Å². The molecule has 2 unspecified atom stereocenters. The summed E-state index contributed by atoms with van der Waals surface area (Å²) < 4.78 is 0. The molecule has 0 bridgehead atoms. The van der Waals surface area contributed by atoms with Crippen LogP contribution in [0.4, 0.5) is 0 Å². The molecular formula is C13H21NO3. The first-order chi connectivity index (χ1) is 8.09. The van der Waals surface area contributed by atoms with Crippen LogP contribution in [0.1, 0.15) is 45.4 Å². The molecule has 2 atom stereocenters. The van der Waals surface area contributed by atoms with Crippen LogP contribution in [-0.2, 0) is 9.59 Å². The summed E-state index contributed by atoms with van der Waals surface area (Å²) in [6, 6.07) is -0.0741. The van der Waals surface area contributed by atoms with Gasteiger partial charge in [0.05, 0.1) is 6.42 Å². The van der Waals surface area contributed by atoms with Crippen LogP contribution in [0.3, 0.4) is 0 Å². The molecule has 1 saturated heterocycles. The van der Waals surface area contributed by atoms with Gasteiger partial charge < -0.3 is 10.0 Å². The summed E-state index contributed by atoms with van der Waals surface area (Å²) in [5.74, 6) is 0.0199. The van der Waals surface area contributed by atoms with E-state index >= 15 is 0 Å². The average molecular weight is 239 g/mol. The lowest BCUT2D eigenvalue weighted by Crippen LogP contribution is -2.47. The van der Waals surface area contributed by atoms with Crippen molar-refractivity contribution in [3.8, 4) is 0 Å². The quantitative estimate of drug-likeness (QED) is 0.815. The first-order valence-corrected chi connectivity index (χ1v) is 6.62. The highest BCUT2D eigenvalue weighted by Crippen LogP contribution is 2.38. The van der Waals surface area contributed by atoms with E-state index in [1.807, 2.05) is 11.8 Å². The van der Waals surface area contributed by atoms with Crippen LogP contribution in [-0.4, -0.2) is 34.5 Å². The molecule has 0 aromatic carbocycles. The molecule has 2 fully saturated rings. The van der Waals surface area contributed by atoms with Crippen LogP contribution in [0, 0.1) is 11.8 Å². The normalized spacial score (nSPS) is 26.6. The Morgan fingerprint density at radius 1 is 1.29 bits per heavy atom. The summed E-state index contributed by atoms with van der Waals surface area (Å²) in [6.07, 6.45) is 5.31. The van der Waals surface area contributed by atoms with Crippen LogP contribution < -0.4 is 0 Å². The van der Waals surface area contributed by atoms with Gasteiger partial charge in [0.2, 0.25) is 5.91 Å². The lowest BCUT2D eigenvalue weighted by atomic mass is 9.96.